The molecule has 4 aliphatic heterocycles. The van der Waals surface area contributed by atoms with Crippen LogP contribution < -0.4 is 64.6 Å². The molecule has 0 bridgehead atoms. The molecule has 18 N–H and O–H groups in total. The van der Waals surface area contributed by atoms with Crippen LogP contribution >= 0.6 is 11.8 Å². The molecule has 4 fully saturated rings. The number of likely N-dealkylation sites (tertiary alicyclic amines) is 1. The molecule has 2 aromatic heterocycles. The lowest BCUT2D eigenvalue weighted by Crippen LogP contribution is -2.61. The van der Waals surface area contributed by atoms with Gasteiger partial charge in [0, 0.05) is 126 Å². The summed E-state index contributed by atoms with van der Waals surface area (Å²) < 4.78 is 0. The fourth-order valence-corrected chi connectivity index (χ4v) is 18.5. The molecule has 738 valence electrons. The van der Waals surface area contributed by atoms with E-state index in [2.05, 4.69) is 68.0 Å². The van der Waals surface area contributed by atoms with E-state index >= 15 is 33.6 Å². The van der Waals surface area contributed by atoms with Gasteiger partial charge in [-0.2, -0.15) is 0 Å². The van der Waals surface area contributed by atoms with E-state index in [9.17, 15) is 58.2 Å². The van der Waals surface area contributed by atoms with Crippen LogP contribution in [0.1, 0.15) is 155 Å². The van der Waals surface area contributed by atoms with Gasteiger partial charge in [0.1, 0.15) is 84.3 Å². The number of fused-ring (bicyclic) bond motifs is 4. The number of nitrogens with two attached hydrogens (primary N) is 2. The van der Waals surface area contributed by atoms with E-state index in [-0.39, 0.29) is 100 Å². The number of nitrogens with zero attached hydrogens (tertiary/aromatic N) is 7. The number of nitrogens with one attached hydrogen (secondary N) is 12. The van der Waals surface area contributed by atoms with Gasteiger partial charge in [-0.25, -0.2) is 0 Å². The van der Waals surface area contributed by atoms with Crippen molar-refractivity contribution in [3.63, 3.8) is 0 Å². The van der Waals surface area contributed by atoms with Crippen LogP contribution in [-0.2, 0) is 101 Å². The second kappa shape index (κ2) is 50.4. The van der Waals surface area contributed by atoms with E-state index in [1.165, 1.54) is 62.1 Å². The molecule has 5 aromatic rings. The maximum Gasteiger partial charge on any atom is 0.246 e. The number of hydrogen-bond acceptors (Lipinski definition) is 22. The summed E-state index contributed by atoms with van der Waals surface area (Å²) >= 11 is 0.851. The Labute approximate surface area is 791 Å². The van der Waals surface area contributed by atoms with Gasteiger partial charge in [0.05, 0.1) is 31.4 Å². The molecule has 0 saturated carbocycles. The molecule has 9 rings (SSSR count). The van der Waals surface area contributed by atoms with Gasteiger partial charge in [0.2, 0.25) is 100 Å². The minimum absolute atomic E-state index is 0.00440. The summed E-state index contributed by atoms with van der Waals surface area (Å²) in [6.45, 7) is 10.6. The number of unbranched alkanes of at least 4 members (excludes halogenated alkanes) is 2. The van der Waals surface area contributed by atoms with E-state index in [0.717, 1.165) is 26.5 Å². The second-order valence-corrected chi connectivity index (χ2v) is 37.8. The van der Waals surface area contributed by atoms with Crippen LogP contribution in [0.3, 0.4) is 0 Å². The number of carbonyl (C=O) groups is 17. The quantitative estimate of drug-likeness (QED) is 0.0394. The first kappa shape index (κ1) is 106. The minimum atomic E-state index is -1.75. The number of carbonyl (C=O) groups excluding carboxylic acids is 17. The van der Waals surface area contributed by atoms with Gasteiger partial charge in [-0.15, -0.1) is 11.8 Å². The SMILES string of the molecule is CCCC[C@H]1C(=O)N(C)[C@@H](CCCC)C(=O)N[C@@H](CC(C)C)C(=O)N[C@H](C(=O)NCC(=O)N2CCC(N(C)C)CC2)CSCC(=O)N[C@@H](Cc2ccc(O)cc2)C(=O)N(C)[C@@H](C)C(=O)N[C@@H](CC(N)=O)C(=O)N2CCC[C@H]2C(=O)N[C@@H](CN)C(=O)N[C@@H](CC(C)C)C(=O)N2C[C@H](O)C[C@H]2C(=O)N[C@@H](Cc2c[nH]c3ccccc23)C(=O)NCC(=O)NC(Cc2c[nH]c3ccccc23)C(=O)N1C. The molecule has 3 aromatic carbocycles. The summed E-state index contributed by atoms with van der Waals surface area (Å²) in [4.78, 5) is 267. The maximum atomic E-state index is 15.7. The summed E-state index contributed by atoms with van der Waals surface area (Å²) in [6, 6.07) is 1.29. The van der Waals surface area contributed by atoms with Crippen LogP contribution in [0, 0.1) is 11.8 Å². The van der Waals surface area contributed by atoms with Crippen LogP contribution in [0.15, 0.2) is 85.2 Å². The number of aliphatic hydroxyl groups excluding tert-OH is 1. The molecule has 41 heteroatoms. The first-order chi connectivity index (χ1) is 64.2. The summed E-state index contributed by atoms with van der Waals surface area (Å²) in [7, 11) is 7.98. The number of hydrogen-bond donors (Lipinski definition) is 16. The van der Waals surface area contributed by atoms with Crippen molar-refractivity contribution in [3.05, 3.63) is 102 Å². The molecule has 17 amide bonds. The van der Waals surface area contributed by atoms with Crippen LogP contribution in [0.5, 0.6) is 5.75 Å². The number of para-hydroxylation sites is 2. The van der Waals surface area contributed by atoms with Gasteiger partial charge < -0.3 is 119 Å². The number of benzene rings is 3. The highest BCUT2D eigenvalue weighted by Gasteiger charge is 2.47. The third-order valence-electron chi connectivity index (χ3n) is 25.5. The van der Waals surface area contributed by atoms with Crippen molar-refractivity contribution in [2.75, 3.05) is 92.6 Å². The number of likely N-dealkylation sites (N-methyl/N-ethyl adjacent to an activating group) is 3. The number of aromatic hydroxyl groups is 1. The Kier molecular flexibility index (Phi) is 39.7. The topological polar surface area (TPSA) is 557 Å². The van der Waals surface area contributed by atoms with E-state index in [1.807, 2.05) is 46.1 Å². The zero-order chi connectivity index (χ0) is 98.8. The fraction of sp³-hybridized carbons (Fsp3) is 0.585. The lowest BCUT2D eigenvalue weighted by Gasteiger charge is -2.36. The minimum Gasteiger partial charge on any atom is -0.508 e. The Bertz CT molecular complexity index is 5020. The van der Waals surface area contributed by atoms with Gasteiger partial charge in [0.25, 0.3) is 0 Å². The Hall–Kier alpha value is -12.2. The molecule has 0 spiro atoms. The summed E-state index contributed by atoms with van der Waals surface area (Å²) in [5.41, 5.74) is 14.9. The predicted molar refractivity (Wildman–Crippen MR) is 505 cm³/mol. The smallest absolute Gasteiger partial charge is 0.246 e. The molecule has 0 radical (unpaired) electrons. The van der Waals surface area contributed by atoms with E-state index in [0.29, 0.717) is 90.1 Å². The van der Waals surface area contributed by atoms with Crippen molar-refractivity contribution in [2.45, 2.75) is 248 Å². The number of thioether (sulfide) groups is 1. The number of H-pyrrole nitrogens is 2. The Morgan fingerprint density at radius 1 is 0.548 bits per heavy atom. The standard InChI is InChI=1S/C94H137N21O19S/c1-13-15-26-74-87(127)103-66(38-53(3)4)85(125)108-73(84(124)100-49-81(121)113-36-33-59(34-37-113)109(8)9)51-135-52-80(120)102-69(40-56-29-31-60(116)32-30-56)90(130)110(10)55(7)82(122)105-71(44-78(96)118)92(132)114-35-21-28-75(114)88(128)107-72(45-95)86(126)106-68(39-54(5)6)93(133)115-50-61(117)43-77(115)89(129)104-67(41-57-46-97-64-24-19-17-22-62(57)64)83(123)99-48-79(119)101-70(42-58-47-98-65-25-20-18-23-63(58)65)91(131)112(12)76(27-16-14-2)94(134)111(74)11/h17-20,22-25,29-32,46-47,53-55,59,61,66-77,97-98,116-117H,13-16,21,26-28,33-45,48-52,95H2,1-12H3,(H2,96,118)(H,99,123)(H,100,124)(H,101,119)(H,102,120)(H,103,127)(H,104,129)(H,105,122)(H,106,126)(H,107,128)(H,108,125)/t55-,61+,66-,67-,68-,69-,70?,71-,72-,73-,74-,75-,76-,77-/m0/s1. The summed E-state index contributed by atoms with van der Waals surface area (Å²) in [6.07, 6.45) is 3.76. The number of phenolic OH excluding ortho intramolecular Hbond substituents is 1. The zero-order valence-corrected chi connectivity index (χ0v) is 80.1. The van der Waals surface area contributed by atoms with Crippen LogP contribution in [0.25, 0.3) is 21.8 Å². The molecule has 4 saturated heterocycles. The molecular weight excluding hydrogens is 1760 g/mol. The van der Waals surface area contributed by atoms with Crippen molar-refractivity contribution in [3.8, 4) is 5.75 Å². The van der Waals surface area contributed by atoms with Crippen molar-refractivity contribution >= 4 is 134 Å². The molecule has 6 heterocycles. The van der Waals surface area contributed by atoms with Crippen LogP contribution in [0.2, 0.25) is 0 Å². The lowest BCUT2D eigenvalue weighted by atomic mass is 9.99. The van der Waals surface area contributed by atoms with Gasteiger partial charge in [-0.1, -0.05) is 116 Å². The first-order valence-corrected chi connectivity index (χ1v) is 47.8. The highest BCUT2D eigenvalue weighted by Crippen LogP contribution is 2.28. The van der Waals surface area contributed by atoms with Gasteiger partial charge in [-0.05, 0) is 125 Å². The number of aromatic amines is 2. The number of primary amides is 1. The highest BCUT2D eigenvalue weighted by atomic mass is 32.2. The Morgan fingerprint density at radius 3 is 1.67 bits per heavy atom. The molecule has 1 unspecified atom stereocenters. The molecule has 0 aliphatic carbocycles. The maximum absolute atomic E-state index is 15.7. The Morgan fingerprint density at radius 2 is 1.07 bits per heavy atom. The van der Waals surface area contributed by atoms with Gasteiger partial charge >= 0.3 is 0 Å². The van der Waals surface area contributed by atoms with Crippen molar-refractivity contribution < 1.29 is 91.7 Å². The number of aromatic nitrogens is 2. The normalized spacial score (nSPS) is 25.2. The van der Waals surface area contributed by atoms with Crippen LogP contribution in [0.4, 0.5) is 0 Å². The molecule has 14 atom stereocenters. The van der Waals surface area contributed by atoms with Crippen molar-refractivity contribution in [1.29, 1.82) is 0 Å². The summed E-state index contributed by atoms with van der Waals surface area (Å²) in [5.74, 6) is -15.9. The Balaban J connectivity index is 1.07. The molecule has 40 nitrogen and oxygen atoms in total. The lowest BCUT2D eigenvalue weighted by molar-refractivity contribution is -0.149. The van der Waals surface area contributed by atoms with E-state index in [1.54, 1.807) is 75.3 Å². The molecular formula is C94H137N21O19S. The molecule has 4 aliphatic rings. The largest absolute Gasteiger partial charge is 0.508 e. The fourth-order valence-electron chi connectivity index (χ4n) is 17.6. The number of piperidine rings is 1. The number of aliphatic hydroxyl groups is 1. The summed E-state index contributed by atoms with van der Waals surface area (Å²) in [5, 5.41) is 50.1. The van der Waals surface area contributed by atoms with E-state index < -0.39 is 223 Å². The number of rotatable bonds is 23. The third-order valence-corrected chi connectivity index (χ3v) is 26.5. The second-order valence-electron chi connectivity index (χ2n) is 36.7. The van der Waals surface area contributed by atoms with Gasteiger partial charge in [0.15, 0.2) is 0 Å². The average Bonchev–Trinajstić information content (AvgIpc) is 1.67. The third kappa shape index (κ3) is 29.4. The zero-order valence-electron chi connectivity index (χ0n) is 79.3. The number of amides is 17. The monoisotopic (exact) mass is 1900 g/mol. The number of phenols is 1. The first-order valence-electron chi connectivity index (χ1n) is 46.6. The van der Waals surface area contributed by atoms with E-state index in [4.69, 9.17) is 11.5 Å². The molecule has 135 heavy (non-hydrogen) atoms. The van der Waals surface area contributed by atoms with Gasteiger partial charge in [-0.3, -0.25) is 81.5 Å². The van der Waals surface area contributed by atoms with Crippen LogP contribution in [-0.4, -0.2) is 338 Å². The van der Waals surface area contributed by atoms with Crippen molar-refractivity contribution in [1.82, 2.24) is 97.4 Å². The average molecular weight is 1900 g/mol. The predicted octanol–water partition coefficient (Wildman–Crippen LogP) is -0.447. The van der Waals surface area contributed by atoms with Crippen molar-refractivity contribution in [2.24, 2.45) is 23.3 Å². The highest BCUT2D eigenvalue weighted by molar-refractivity contribution is 8.00.